The number of rotatable bonds is 5. The predicted molar refractivity (Wildman–Crippen MR) is 108 cm³/mol. The van der Waals surface area contributed by atoms with Crippen LogP contribution in [0.15, 0.2) is 30.5 Å². The van der Waals surface area contributed by atoms with E-state index in [-0.39, 0.29) is 22.7 Å². The summed E-state index contributed by atoms with van der Waals surface area (Å²) >= 11 is 6.31. The number of nitrogens with one attached hydrogen (secondary N) is 3. The monoisotopic (exact) mass is 438 g/mol. The van der Waals surface area contributed by atoms with E-state index in [9.17, 15) is 18.0 Å². The Bertz CT molecular complexity index is 1080. The van der Waals surface area contributed by atoms with Crippen molar-refractivity contribution >= 4 is 46.0 Å². The second kappa shape index (κ2) is 8.02. The molecule has 3 N–H and O–H groups in total. The molecule has 4 rings (SSSR count). The Kier molecular flexibility index (Phi) is 5.42. The van der Waals surface area contributed by atoms with Crippen molar-refractivity contribution in [2.75, 3.05) is 30.3 Å². The highest BCUT2D eigenvalue weighted by molar-refractivity contribution is 6.34. The predicted octanol–water partition coefficient (Wildman–Crippen LogP) is 4.57. The fourth-order valence-corrected chi connectivity index (χ4v) is 3.56. The highest BCUT2D eigenvalue weighted by atomic mass is 35.5. The van der Waals surface area contributed by atoms with Gasteiger partial charge in [-0.05, 0) is 37.1 Å². The number of halogens is 4. The van der Waals surface area contributed by atoms with Crippen molar-refractivity contribution in [2.45, 2.75) is 19.0 Å². The van der Waals surface area contributed by atoms with Gasteiger partial charge in [0.05, 0.1) is 16.0 Å². The largest absolute Gasteiger partial charge is 0.405 e. The summed E-state index contributed by atoms with van der Waals surface area (Å²) in [5.41, 5.74) is 1.28. The standard InChI is InChI=1S/C19H18ClF3N6O/c20-14-9-11(3-4-12(14)17(30)29-7-1-2-8-29)26-18-27-15-13(5-6-24-15)16(28-18)25-10-19(21,22)23/h3-6,9H,1-2,7-8,10H2,(H3,24,25,26,27,28). The molecule has 1 aliphatic heterocycles. The van der Waals surface area contributed by atoms with Gasteiger partial charge in [-0.2, -0.15) is 23.1 Å². The lowest BCUT2D eigenvalue weighted by atomic mass is 10.2. The zero-order chi connectivity index (χ0) is 21.3. The molecule has 158 valence electrons. The lowest BCUT2D eigenvalue weighted by Crippen LogP contribution is -2.27. The maximum atomic E-state index is 12.6. The van der Waals surface area contributed by atoms with E-state index in [2.05, 4.69) is 25.6 Å². The van der Waals surface area contributed by atoms with E-state index in [1.807, 2.05) is 0 Å². The highest BCUT2D eigenvalue weighted by Crippen LogP contribution is 2.27. The van der Waals surface area contributed by atoms with Crippen LogP contribution in [-0.2, 0) is 0 Å². The van der Waals surface area contributed by atoms with Gasteiger partial charge in [0.25, 0.3) is 5.91 Å². The van der Waals surface area contributed by atoms with Gasteiger partial charge in [-0.1, -0.05) is 11.6 Å². The SMILES string of the molecule is O=C(c1ccc(Nc2nc(NCC(F)(F)F)c3cc[nH]c3n2)cc1Cl)N1CCCC1. The van der Waals surface area contributed by atoms with Gasteiger partial charge in [0, 0.05) is 25.0 Å². The number of aromatic nitrogens is 3. The van der Waals surface area contributed by atoms with Crippen molar-refractivity contribution in [1.82, 2.24) is 19.9 Å². The number of hydrogen-bond donors (Lipinski definition) is 3. The number of fused-ring (bicyclic) bond motifs is 1. The van der Waals surface area contributed by atoms with Crippen LogP contribution in [0.1, 0.15) is 23.2 Å². The van der Waals surface area contributed by atoms with E-state index in [0.29, 0.717) is 35.4 Å². The number of aromatic amines is 1. The number of benzene rings is 1. The number of carbonyl (C=O) groups is 1. The number of amides is 1. The Hall–Kier alpha value is -3.01. The van der Waals surface area contributed by atoms with Crippen LogP contribution in [0.25, 0.3) is 11.0 Å². The lowest BCUT2D eigenvalue weighted by molar-refractivity contribution is -0.115. The number of alkyl halides is 3. The first-order chi connectivity index (χ1) is 14.3. The summed E-state index contributed by atoms with van der Waals surface area (Å²) < 4.78 is 37.8. The number of hydrogen-bond acceptors (Lipinski definition) is 5. The molecule has 0 atom stereocenters. The van der Waals surface area contributed by atoms with Gasteiger partial charge >= 0.3 is 6.18 Å². The molecule has 11 heteroatoms. The summed E-state index contributed by atoms with van der Waals surface area (Å²) in [6, 6.07) is 6.42. The summed E-state index contributed by atoms with van der Waals surface area (Å²) in [6.45, 7) is 0.211. The number of likely N-dealkylation sites (tertiary alicyclic amines) is 1. The molecule has 1 aliphatic rings. The van der Waals surface area contributed by atoms with Gasteiger partial charge in [0.15, 0.2) is 0 Å². The van der Waals surface area contributed by atoms with E-state index in [1.165, 1.54) is 0 Å². The van der Waals surface area contributed by atoms with Gasteiger partial charge < -0.3 is 20.5 Å². The van der Waals surface area contributed by atoms with Crippen molar-refractivity contribution in [3.63, 3.8) is 0 Å². The molecule has 0 unspecified atom stereocenters. The lowest BCUT2D eigenvalue weighted by Gasteiger charge is -2.16. The molecule has 0 saturated carbocycles. The third-order valence-electron chi connectivity index (χ3n) is 4.72. The summed E-state index contributed by atoms with van der Waals surface area (Å²) in [4.78, 5) is 25.6. The average molecular weight is 439 g/mol. The van der Waals surface area contributed by atoms with E-state index in [4.69, 9.17) is 11.6 Å². The minimum Gasteiger partial charge on any atom is -0.360 e. The van der Waals surface area contributed by atoms with Crippen LogP contribution in [0.4, 0.5) is 30.6 Å². The molecular weight excluding hydrogens is 421 g/mol. The minimum atomic E-state index is -4.38. The zero-order valence-electron chi connectivity index (χ0n) is 15.7. The van der Waals surface area contributed by atoms with Crippen molar-refractivity contribution < 1.29 is 18.0 Å². The quantitative estimate of drug-likeness (QED) is 0.543. The van der Waals surface area contributed by atoms with Crippen LogP contribution in [0, 0.1) is 0 Å². The molecule has 1 saturated heterocycles. The average Bonchev–Trinajstić information content (AvgIpc) is 3.37. The second-order valence-corrected chi connectivity index (χ2v) is 7.33. The first kappa shape index (κ1) is 20.3. The number of nitrogens with zero attached hydrogens (tertiary/aromatic N) is 3. The number of carbonyl (C=O) groups excluding carboxylic acids is 1. The van der Waals surface area contributed by atoms with Crippen LogP contribution >= 0.6 is 11.6 Å². The van der Waals surface area contributed by atoms with Crippen LogP contribution < -0.4 is 10.6 Å². The van der Waals surface area contributed by atoms with Crippen molar-refractivity contribution in [3.05, 3.63) is 41.0 Å². The zero-order valence-corrected chi connectivity index (χ0v) is 16.4. The Balaban J connectivity index is 1.56. The van der Waals surface area contributed by atoms with Gasteiger partial charge in [-0.3, -0.25) is 4.79 Å². The number of H-pyrrole nitrogens is 1. The molecule has 3 aromatic rings. The molecule has 0 bridgehead atoms. The molecule has 2 aromatic heterocycles. The van der Waals surface area contributed by atoms with E-state index in [0.717, 1.165) is 12.8 Å². The van der Waals surface area contributed by atoms with Gasteiger partial charge in [-0.15, -0.1) is 0 Å². The van der Waals surface area contributed by atoms with Crippen molar-refractivity contribution in [1.29, 1.82) is 0 Å². The van der Waals surface area contributed by atoms with Gasteiger partial charge in [-0.25, -0.2) is 0 Å². The fraction of sp³-hybridized carbons (Fsp3) is 0.316. The molecule has 0 spiro atoms. The van der Waals surface area contributed by atoms with E-state index >= 15 is 0 Å². The molecule has 1 fully saturated rings. The molecule has 7 nitrogen and oxygen atoms in total. The smallest absolute Gasteiger partial charge is 0.360 e. The summed E-state index contributed by atoms with van der Waals surface area (Å²) in [7, 11) is 0. The minimum absolute atomic E-state index is 0.0491. The molecular formula is C19H18ClF3N6O. The molecule has 30 heavy (non-hydrogen) atoms. The van der Waals surface area contributed by atoms with Crippen molar-refractivity contribution in [3.8, 4) is 0 Å². The molecule has 0 aliphatic carbocycles. The maximum Gasteiger partial charge on any atom is 0.405 e. The Labute approximate surface area is 174 Å². The third-order valence-corrected chi connectivity index (χ3v) is 5.03. The molecule has 1 aromatic carbocycles. The summed E-state index contributed by atoms with van der Waals surface area (Å²) in [6.07, 6.45) is -0.859. The second-order valence-electron chi connectivity index (χ2n) is 6.92. The molecule has 1 amide bonds. The first-order valence-corrected chi connectivity index (χ1v) is 9.69. The third kappa shape index (κ3) is 4.43. The molecule has 3 heterocycles. The normalized spacial score (nSPS) is 14.3. The van der Waals surface area contributed by atoms with E-state index < -0.39 is 12.7 Å². The van der Waals surface area contributed by atoms with Crippen LogP contribution in [0.5, 0.6) is 0 Å². The Morgan fingerprint density at radius 1 is 1.20 bits per heavy atom. The molecule has 0 radical (unpaired) electrons. The Morgan fingerprint density at radius 3 is 2.67 bits per heavy atom. The first-order valence-electron chi connectivity index (χ1n) is 9.32. The fourth-order valence-electron chi connectivity index (χ4n) is 3.30. The Morgan fingerprint density at radius 2 is 1.97 bits per heavy atom. The summed E-state index contributed by atoms with van der Waals surface area (Å²) in [5.74, 6) is 0.0176. The highest BCUT2D eigenvalue weighted by Gasteiger charge is 2.27. The van der Waals surface area contributed by atoms with Crippen molar-refractivity contribution in [2.24, 2.45) is 0 Å². The summed E-state index contributed by atoms with van der Waals surface area (Å²) in [5, 5.41) is 5.93. The van der Waals surface area contributed by atoms with Crippen LogP contribution in [0.2, 0.25) is 5.02 Å². The number of anilines is 3. The van der Waals surface area contributed by atoms with Crippen LogP contribution in [-0.4, -0.2) is 51.6 Å². The topological polar surface area (TPSA) is 85.9 Å². The van der Waals surface area contributed by atoms with E-state index in [1.54, 1.807) is 35.4 Å². The van der Waals surface area contributed by atoms with Crippen LogP contribution in [0.3, 0.4) is 0 Å². The maximum absolute atomic E-state index is 12.6. The van der Waals surface area contributed by atoms with Gasteiger partial charge in [0.1, 0.15) is 18.0 Å². The van der Waals surface area contributed by atoms with Gasteiger partial charge in [0.2, 0.25) is 5.95 Å².